The molecule has 0 N–H and O–H groups in total. The lowest BCUT2D eigenvalue weighted by Gasteiger charge is -2.05. The van der Waals surface area contributed by atoms with Crippen LogP contribution in [-0.2, 0) is 0 Å². The maximum Gasteiger partial charge on any atom is 0.127 e. The van der Waals surface area contributed by atoms with Gasteiger partial charge < -0.3 is 4.74 Å². The predicted octanol–water partition coefficient (Wildman–Crippen LogP) is 5.58. The van der Waals surface area contributed by atoms with Gasteiger partial charge in [0.2, 0.25) is 0 Å². The van der Waals surface area contributed by atoms with Crippen molar-refractivity contribution in [1.29, 1.82) is 0 Å². The maximum absolute atomic E-state index is 5.67. The molecule has 0 saturated carbocycles. The number of benzene rings is 2. The van der Waals surface area contributed by atoms with Crippen molar-refractivity contribution in [2.45, 2.75) is 20.8 Å². The maximum atomic E-state index is 5.67. The molecule has 0 atom stereocenters. The molecule has 90 valence electrons. The molecular formula is C15H17BrO. The van der Waals surface area contributed by atoms with Gasteiger partial charge in [0.05, 0.1) is 0 Å². The van der Waals surface area contributed by atoms with Crippen molar-refractivity contribution >= 4 is 15.9 Å². The fraction of sp³-hybridized carbons (Fsp3) is 0.200. The first kappa shape index (κ1) is 13.8. The summed E-state index contributed by atoms with van der Waals surface area (Å²) in [6.07, 6.45) is 0. The van der Waals surface area contributed by atoms with Gasteiger partial charge in [0.15, 0.2) is 0 Å². The zero-order valence-electron chi connectivity index (χ0n) is 10.4. The van der Waals surface area contributed by atoms with Gasteiger partial charge in [0, 0.05) is 4.47 Å². The van der Waals surface area contributed by atoms with Crippen LogP contribution in [-0.4, -0.2) is 0 Å². The fourth-order valence-electron chi connectivity index (χ4n) is 1.25. The number of hydrogen-bond donors (Lipinski definition) is 0. The molecular weight excluding hydrogens is 276 g/mol. The summed E-state index contributed by atoms with van der Waals surface area (Å²) in [6.45, 7) is 6.06. The molecule has 0 unspecified atom stereocenters. The van der Waals surface area contributed by atoms with Crippen LogP contribution in [0.1, 0.15) is 19.4 Å². The molecule has 0 spiro atoms. The largest absolute Gasteiger partial charge is 0.457 e. The van der Waals surface area contributed by atoms with Crippen LogP contribution >= 0.6 is 15.9 Å². The van der Waals surface area contributed by atoms with Crippen molar-refractivity contribution in [1.82, 2.24) is 0 Å². The van der Waals surface area contributed by atoms with Gasteiger partial charge in [-0.25, -0.2) is 0 Å². The Labute approximate surface area is 112 Å². The van der Waals surface area contributed by atoms with E-state index in [-0.39, 0.29) is 0 Å². The summed E-state index contributed by atoms with van der Waals surface area (Å²) in [5.41, 5.74) is 1.23. The molecule has 17 heavy (non-hydrogen) atoms. The topological polar surface area (TPSA) is 9.23 Å². The minimum Gasteiger partial charge on any atom is -0.457 e. The Balaban J connectivity index is 0.000000686. The van der Waals surface area contributed by atoms with E-state index in [1.807, 2.05) is 62.4 Å². The number of hydrogen-bond acceptors (Lipinski definition) is 1. The second-order valence-electron chi connectivity index (χ2n) is 3.37. The molecule has 0 heterocycles. The van der Waals surface area contributed by atoms with E-state index in [2.05, 4.69) is 22.9 Å². The van der Waals surface area contributed by atoms with Crippen molar-refractivity contribution in [2.24, 2.45) is 0 Å². The molecule has 2 aromatic rings. The number of rotatable bonds is 2. The Bertz CT molecular complexity index is 388. The lowest BCUT2D eigenvalue weighted by molar-refractivity contribution is 0.482. The number of ether oxygens (including phenoxy) is 1. The van der Waals surface area contributed by atoms with Gasteiger partial charge in [0.25, 0.3) is 0 Å². The van der Waals surface area contributed by atoms with Crippen molar-refractivity contribution in [3.05, 3.63) is 58.6 Å². The highest BCUT2D eigenvalue weighted by atomic mass is 79.9. The van der Waals surface area contributed by atoms with E-state index in [1.165, 1.54) is 5.56 Å². The third-order valence-corrected chi connectivity index (χ3v) is 2.60. The normalized spacial score (nSPS) is 9.18. The predicted molar refractivity (Wildman–Crippen MR) is 76.7 cm³/mol. The second-order valence-corrected chi connectivity index (χ2v) is 4.28. The zero-order valence-corrected chi connectivity index (χ0v) is 12.0. The van der Waals surface area contributed by atoms with Crippen LogP contribution in [0.15, 0.2) is 53.0 Å². The van der Waals surface area contributed by atoms with Gasteiger partial charge in [-0.1, -0.05) is 47.5 Å². The molecule has 0 amide bonds. The molecule has 0 radical (unpaired) electrons. The van der Waals surface area contributed by atoms with E-state index < -0.39 is 0 Å². The number of aryl methyl sites for hydroxylation is 1. The summed E-state index contributed by atoms with van der Waals surface area (Å²) < 4.78 is 6.72. The lowest BCUT2D eigenvalue weighted by atomic mass is 10.2. The van der Waals surface area contributed by atoms with Crippen molar-refractivity contribution in [3.63, 3.8) is 0 Å². The van der Waals surface area contributed by atoms with Crippen LogP contribution in [0.3, 0.4) is 0 Å². The summed E-state index contributed by atoms with van der Waals surface area (Å²) in [6, 6.07) is 15.8. The average Bonchev–Trinajstić information content (AvgIpc) is 2.37. The van der Waals surface area contributed by atoms with Gasteiger partial charge in [-0.15, -0.1) is 0 Å². The molecule has 0 bridgehead atoms. The molecule has 2 rings (SSSR count). The van der Waals surface area contributed by atoms with Crippen LogP contribution in [0.5, 0.6) is 11.5 Å². The van der Waals surface area contributed by atoms with Crippen molar-refractivity contribution in [2.75, 3.05) is 0 Å². The highest BCUT2D eigenvalue weighted by Gasteiger charge is 1.96. The van der Waals surface area contributed by atoms with Crippen molar-refractivity contribution < 1.29 is 4.74 Å². The minimum absolute atomic E-state index is 0.849. The molecule has 0 aliphatic heterocycles. The van der Waals surface area contributed by atoms with E-state index in [1.54, 1.807) is 0 Å². The third-order valence-electron chi connectivity index (χ3n) is 2.07. The summed E-state index contributed by atoms with van der Waals surface area (Å²) >= 11 is 3.38. The zero-order chi connectivity index (χ0) is 12.7. The van der Waals surface area contributed by atoms with E-state index in [4.69, 9.17) is 4.74 Å². The first-order valence-electron chi connectivity index (χ1n) is 5.74. The summed E-state index contributed by atoms with van der Waals surface area (Å²) in [5.74, 6) is 1.71. The molecule has 1 nitrogen and oxygen atoms in total. The van der Waals surface area contributed by atoms with Gasteiger partial charge >= 0.3 is 0 Å². The highest BCUT2D eigenvalue weighted by molar-refractivity contribution is 9.10. The van der Waals surface area contributed by atoms with E-state index in [0.29, 0.717) is 0 Å². The molecule has 0 saturated heterocycles. The van der Waals surface area contributed by atoms with Gasteiger partial charge in [-0.2, -0.15) is 0 Å². The Morgan fingerprint density at radius 3 is 1.65 bits per heavy atom. The molecule has 0 aromatic heterocycles. The molecule has 2 aromatic carbocycles. The van der Waals surface area contributed by atoms with Crippen LogP contribution in [0.25, 0.3) is 0 Å². The molecule has 2 heteroatoms. The second kappa shape index (κ2) is 7.13. The first-order valence-corrected chi connectivity index (χ1v) is 6.53. The van der Waals surface area contributed by atoms with Crippen LogP contribution in [0.4, 0.5) is 0 Å². The minimum atomic E-state index is 0.849. The molecule has 0 aliphatic rings. The lowest BCUT2D eigenvalue weighted by Crippen LogP contribution is -1.83. The standard InChI is InChI=1S/C13H11BrO.C2H6/c1-10-2-6-12(7-3-10)15-13-8-4-11(14)5-9-13;1-2/h2-9H,1H3;1-2H3. The van der Waals surface area contributed by atoms with Gasteiger partial charge in [-0.05, 0) is 43.3 Å². The number of halogens is 1. The SMILES string of the molecule is CC.Cc1ccc(Oc2ccc(Br)cc2)cc1. The van der Waals surface area contributed by atoms with E-state index in [0.717, 1.165) is 16.0 Å². The van der Waals surface area contributed by atoms with E-state index in [9.17, 15) is 0 Å². The Morgan fingerprint density at radius 1 is 0.765 bits per heavy atom. The summed E-state index contributed by atoms with van der Waals surface area (Å²) in [4.78, 5) is 0. The fourth-order valence-corrected chi connectivity index (χ4v) is 1.51. The molecule has 0 aliphatic carbocycles. The summed E-state index contributed by atoms with van der Waals surface area (Å²) in [7, 11) is 0. The first-order chi connectivity index (χ1) is 8.24. The Kier molecular flexibility index (Phi) is 5.78. The van der Waals surface area contributed by atoms with Gasteiger partial charge in [0.1, 0.15) is 11.5 Å². The smallest absolute Gasteiger partial charge is 0.127 e. The third kappa shape index (κ3) is 4.61. The Hall–Kier alpha value is -1.28. The quantitative estimate of drug-likeness (QED) is 0.702. The average molecular weight is 293 g/mol. The Morgan fingerprint density at radius 2 is 1.18 bits per heavy atom. The van der Waals surface area contributed by atoms with Crippen LogP contribution < -0.4 is 4.74 Å². The summed E-state index contributed by atoms with van der Waals surface area (Å²) in [5, 5.41) is 0. The molecule has 0 fully saturated rings. The van der Waals surface area contributed by atoms with Crippen LogP contribution in [0, 0.1) is 6.92 Å². The van der Waals surface area contributed by atoms with E-state index >= 15 is 0 Å². The monoisotopic (exact) mass is 292 g/mol. The van der Waals surface area contributed by atoms with Crippen LogP contribution in [0.2, 0.25) is 0 Å². The van der Waals surface area contributed by atoms with Crippen molar-refractivity contribution in [3.8, 4) is 11.5 Å². The highest BCUT2D eigenvalue weighted by Crippen LogP contribution is 2.23. The van der Waals surface area contributed by atoms with Gasteiger partial charge in [-0.3, -0.25) is 0 Å².